The van der Waals surface area contributed by atoms with Crippen LogP contribution in [-0.4, -0.2) is 43.8 Å². The summed E-state index contributed by atoms with van der Waals surface area (Å²) < 4.78 is 78.5. The highest BCUT2D eigenvalue weighted by Crippen LogP contribution is 2.37. The van der Waals surface area contributed by atoms with Gasteiger partial charge in [0.2, 0.25) is 0 Å². The summed E-state index contributed by atoms with van der Waals surface area (Å²) in [6.45, 7) is 1.86. The SMILES string of the molecule is CNC(C)c1c(OC)c(F)cc2c1ccn2S(=O)(=O)c1ccccc1.O=C(O)C(F)(F)F. The normalized spacial score (nSPS) is 12.7. The molecular formula is C20H20F4N2O5S. The lowest BCUT2D eigenvalue weighted by Gasteiger charge is -2.17. The van der Waals surface area contributed by atoms with E-state index in [-0.39, 0.29) is 22.2 Å². The van der Waals surface area contributed by atoms with Crippen molar-refractivity contribution >= 4 is 26.9 Å². The Morgan fingerprint density at radius 3 is 2.22 bits per heavy atom. The van der Waals surface area contributed by atoms with Crippen molar-refractivity contribution < 1.29 is 40.6 Å². The first-order chi connectivity index (χ1) is 14.9. The van der Waals surface area contributed by atoms with Crippen LogP contribution in [0.1, 0.15) is 18.5 Å². The molecule has 0 bridgehead atoms. The summed E-state index contributed by atoms with van der Waals surface area (Å²) in [5.41, 5.74) is 0.862. The van der Waals surface area contributed by atoms with Gasteiger partial charge in [-0.2, -0.15) is 13.2 Å². The molecular weight excluding hydrogens is 456 g/mol. The van der Waals surface area contributed by atoms with Gasteiger partial charge in [-0.05, 0) is 32.2 Å². The van der Waals surface area contributed by atoms with E-state index in [1.54, 1.807) is 31.3 Å². The number of carbonyl (C=O) groups is 1. The first-order valence-electron chi connectivity index (χ1n) is 9.01. The Morgan fingerprint density at radius 1 is 1.19 bits per heavy atom. The predicted molar refractivity (Wildman–Crippen MR) is 109 cm³/mol. The minimum absolute atomic E-state index is 0.115. The first kappa shape index (κ1) is 25.1. The fourth-order valence-corrected chi connectivity index (χ4v) is 4.29. The first-order valence-corrected chi connectivity index (χ1v) is 10.5. The van der Waals surface area contributed by atoms with E-state index >= 15 is 0 Å². The summed E-state index contributed by atoms with van der Waals surface area (Å²) in [5.74, 6) is -3.24. The molecule has 32 heavy (non-hydrogen) atoms. The van der Waals surface area contributed by atoms with Gasteiger partial charge in [0.15, 0.2) is 11.6 Å². The van der Waals surface area contributed by atoms with Crippen LogP contribution in [0.25, 0.3) is 10.9 Å². The number of ether oxygens (including phenoxy) is 1. The standard InChI is InChI=1S/C18H19FN2O3S.C2HF3O2/c1-12(20-2)17-14-9-10-21(16(14)11-15(19)18(17)24-3)25(22,23)13-7-5-4-6-8-13;3-2(4,5)1(6)7/h4-12,20H,1-3H3;(H,6,7). The van der Waals surface area contributed by atoms with Gasteiger partial charge < -0.3 is 15.2 Å². The number of halogens is 4. The number of methoxy groups -OCH3 is 1. The van der Waals surface area contributed by atoms with E-state index < -0.39 is 28.0 Å². The number of alkyl halides is 3. The summed E-state index contributed by atoms with van der Waals surface area (Å²) in [5, 5.41) is 10.8. The van der Waals surface area contributed by atoms with E-state index in [0.717, 1.165) is 3.97 Å². The van der Waals surface area contributed by atoms with E-state index in [4.69, 9.17) is 14.6 Å². The number of carboxylic acid groups (broad SMARTS) is 1. The van der Waals surface area contributed by atoms with Crippen LogP contribution in [0.4, 0.5) is 17.6 Å². The predicted octanol–water partition coefficient (Wildman–Crippen LogP) is 3.94. The second kappa shape index (κ2) is 9.57. The van der Waals surface area contributed by atoms with Gasteiger partial charge in [0.25, 0.3) is 10.0 Å². The lowest BCUT2D eigenvalue weighted by Crippen LogP contribution is -2.21. The molecule has 0 aliphatic heterocycles. The second-order valence-electron chi connectivity index (χ2n) is 6.48. The number of nitrogens with zero attached hydrogens (tertiary/aromatic N) is 1. The number of fused-ring (bicyclic) bond motifs is 1. The molecule has 0 radical (unpaired) electrons. The van der Waals surface area contributed by atoms with Crippen LogP contribution in [0.3, 0.4) is 0 Å². The van der Waals surface area contributed by atoms with Gasteiger partial charge in [0.1, 0.15) is 0 Å². The zero-order valence-corrected chi connectivity index (χ0v) is 18.0. The molecule has 0 saturated heterocycles. The number of hydrogen-bond donors (Lipinski definition) is 2. The van der Waals surface area contributed by atoms with Crippen molar-refractivity contribution in [2.75, 3.05) is 14.2 Å². The van der Waals surface area contributed by atoms with Crippen LogP contribution in [0.15, 0.2) is 53.6 Å². The van der Waals surface area contributed by atoms with E-state index in [2.05, 4.69) is 5.32 Å². The number of nitrogens with one attached hydrogen (secondary N) is 1. The van der Waals surface area contributed by atoms with Crippen molar-refractivity contribution in [3.05, 3.63) is 60.0 Å². The maximum atomic E-state index is 14.6. The number of carboxylic acids is 1. The molecule has 3 aromatic rings. The van der Waals surface area contributed by atoms with Gasteiger partial charge in [-0.25, -0.2) is 21.6 Å². The number of benzene rings is 2. The largest absolute Gasteiger partial charge is 0.493 e. The molecule has 1 heterocycles. The van der Waals surface area contributed by atoms with Gasteiger partial charge in [-0.15, -0.1) is 0 Å². The number of aliphatic carboxylic acids is 1. The van der Waals surface area contributed by atoms with Crippen LogP contribution in [0.2, 0.25) is 0 Å². The maximum absolute atomic E-state index is 14.6. The Bertz CT molecular complexity index is 1210. The molecule has 7 nitrogen and oxygen atoms in total. The van der Waals surface area contributed by atoms with Gasteiger partial charge in [0, 0.05) is 29.3 Å². The molecule has 2 aromatic carbocycles. The zero-order chi connectivity index (χ0) is 24.3. The highest BCUT2D eigenvalue weighted by Gasteiger charge is 2.38. The molecule has 3 rings (SSSR count). The minimum atomic E-state index is -5.08. The van der Waals surface area contributed by atoms with Crippen molar-refractivity contribution in [2.24, 2.45) is 0 Å². The summed E-state index contributed by atoms with van der Waals surface area (Å²) in [7, 11) is -0.674. The quantitative estimate of drug-likeness (QED) is 0.542. The molecule has 0 fully saturated rings. The molecule has 0 aliphatic carbocycles. The van der Waals surface area contributed by atoms with Crippen LogP contribution in [-0.2, 0) is 14.8 Å². The van der Waals surface area contributed by atoms with E-state index in [1.807, 2.05) is 6.92 Å². The van der Waals surface area contributed by atoms with Crippen molar-refractivity contribution in [1.29, 1.82) is 0 Å². The average molecular weight is 476 g/mol. The van der Waals surface area contributed by atoms with Gasteiger partial charge in [0.05, 0.1) is 17.5 Å². The van der Waals surface area contributed by atoms with Crippen molar-refractivity contribution in [3.8, 4) is 5.75 Å². The van der Waals surface area contributed by atoms with E-state index in [0.29, 0.717) is 10.9 Å². The summed E-state index contributed by atoms with van der Waals surface area (Å²) >= 11 is 0. The highest BCUT2D eigenvalue weighted by molar-refractivity contribution is 7.90. The molecule has 0 saturated carbocycles. The lowest BCUT2D eigenvalue weighted by molar-refractivity contribution is -0.192. The molecule has 2 N–H and O–H groups in total. The zero-order valence-electron chi connectivity index (χ0n) is 17.1. The lowest BCUT2D eigenvalue weighted by atomic mass is 10.0. The van der Waals surface area contributed by atoms with Crippen molar-refractivity contribution in [3.63, 3.8) is 0 Å². The van der Waals surface area contributed by atoms with E-state index in [9.17, 15) is 26.0 Å². The summed E-state index contributed by atoms with van der Waals surface area (Å²) in [4.78, 5) is 9.04. The van der Waals surface area contributed by atoms with Gasteiger partial charge in [-0.1, -0.05) is 18.2 Å². The smallest absolute Gasteiger partial charge is 0.490 e. The number of rotatable bonds is 5. The fraction of sp³-hybridized carbons (Fsp3) is 0.250. The highest BCUT2D eigenvalue weighted by atomic mass is 32.2. The monoisotopic (exact) mass is 476 g/mol. The Kier molecular flexibility index (Phi) is 7.52. The fourth-order valence-electron chi connectivity index (χ4n) is 2.93. The average Bonchev–Trinajstić information content (AvgIpc) is 3.16. The maximum Gasteiger partial charge on any atom is 0.490 e. The molecule has 12 heteroatoms. The molecule has 174 valence electrons. The Balaban J connectivity index is 0.000000451. The Morgan fingerprint density at radius 2 is 1.75 bits per heavy atom. The third-order valence-electron chi connectivity index (χ3n) is 4.52. The molecule has 1 aromatic heterocycles. The third kappa shape index (κ3) is 5.02. The minimum Gasteiger partial charge on any atom is -0.493 e. The molecule has 0 amide bonds. The van der Waals surface area contributed by atoms with Crippen LogP contribution in [0, 0.1) is 5.82 Å². The molecule has 1 atom stereocenters. The third-order valence-corrected chi connectivity index (χ3v) is 6.22. The molecule has 0 spiro atoms. The summed E-state index contributed by atoms with van der Waals surface area (Å²) in [6.07, 6.45) is -3.64. The van der Waals surface area contributed by atoms with Crippen LogP contribution in [0.5, 0.6) is 5.75 Å². The van der Waals surface area contributed by atoms with Crippen molar-refractivity contribution in [1.82, 2.24) is 9.29 Å². The Labute approximate surface area is 181 Å². The number of hydrogen-bond acceptors (Lipinski definition) is 5. The number of aromatic nitrogens is 1. The van der Waals surface area contributed by atoms with Crippen LogP contribution >= 0.6 is 0 Å². The topological polar surface area (TPSA) is 97.6 Å². The Hall–Kier alpha value is -3.12. The van der Waals surface area contributed by atoms with E-state index in [1.165, 1.54) is 31.5 Å². The second-order valence-corrected chi connectivity index (χ2v) is 8.30. The van der Waals surface area contributed by atoms with Gasteiger partial charge in [-0.3, -0.25) is 0 Å². The summed E-state index contributed by atoms with van der Waals surface area (Å²) in [6, 6.07) is 10.7. The van der Waals surface area contributed by atoms with Crippen molar-refractivity contribution in [2.45, 2.75) is 24.0 Å². The molecule has 0 aliphatic rings. The molecule has 1 unspecified atom stereocenters. The van der Waals surface area contributed by atoms with Gasteiger partial charge >= 0.3 is 12.1 Å². The van der Waals surface area contributed by atoms with Crippen LogP contribution < -0.4 is 10.1 Å².